The van der Waals surface area contributed by atoms with Crippen molar-refractivity contribution in [3.63, 3.8) is 0 Å². The lowest BCUT2D eigenvalue weighted by Crippen LogP contribution is -2.50. The van der Waals surface area contributed by atoms with Gasteiger partial charge in [-0.05, 0) is 71.7 Å². The minimum Gasteiger partial charge on any atom is -0.378 e. The third kappa shape index (κ3) is 2.65. The molecule has 0 N–H and O–H groups in total. The number of rotatable bonds is 2. The van der Waals surface area contributed by atoms with Gasteiger partial charge in [0.15, 0.2) is 5.54 Å². The Bertz CT molecular complexity index is 1130. The number of likely N-dealkylation sites (N-methyl/N-ethyl adjacent to an activating group) is 1. The zero-order valence-corrected chi connectivity index (χ0v) is 18.6. The minimum absolute atomic E-state index is 0.0287. The van der Waals surface area contributed by atoms with E-state index in [9.17, 15) is 0 Å². The van der Waals surface area contributed by atoms with Gasteiger partial charge in [-0.15, -0.1) is 0 Å². The number of nitrogens with zero attached hydrogens (tertiary/aromatic N) is 2. The smallest absolute Gasteiger partial charge is 0.208 e. The summed E-state index contributed by atoms with van der Waals surface area (Å²) >= 11 is 0. The summed E-state index contributed by atoms with van der Waals surface area (Å²) in [5.74, 6) is 0. The zero-order chi connectivity index (χ0) is 20.4. The summed E-state index contributed by atoms with van der Waals surface area (Å²) in [5.41, 5.74) is 8.21. The lowest BCUT2D eigenvalue weighted by molar-refractivity contribution is 0.401. The summed E-state index contributed by atoms with van der Waals surface area (Å²) in [6.45, 7) is 14.9. The normalized spacial score (nSPS) is 18.4. The van der Waals surface area contributed by atoms with Crippen LogP contribution in [-0.2, 0) is 5.41 Å². The molecule has 4 rings (SSSR count). The highest BCUT2D eigenvalue weighted by Crippen LogP contribution is 2.37. The Labute approximate surface area is 169 Å². The van der Waals surface area contributed by atoms with Crippen molar-refractivity contribution >= 4 is 17.3 Å². The van der Waals surface area contributed by atoms with Crippen molar-refractivity contribution in [1.29, 1.82) is 0 Å². The molecule has 0 atom stereocenters. The van der Waals surface area contributed by atoms with E-state index in [-0.39, 0.29) is 11.0 Å². The Morgan fingerprint density at radius 1 is 0.964 bits per heavy atom. The molecule has 0 amide bonds. The van der Waals surface area contributed by atoms with Crippen LogP contribution in [0.25, 0.3) is 11.6 Å². The molecular formula is C26H33N2+. The summed E-state index contributed by atoms with van der Waals surface area (Å²) in [4.78, 5) is 2.19. The highest BCUT2D eigenvalue weighted by atomic mass is 15.1. The first-order valence-electron chi connectivity index (χ1n) is 10.4. The molecule has 28 heavy (non-hydrogen) atoms. The van der Waals surface area contributed by atoms with Crippen LogP contribution in [0.1, 0.15) is 63.8 Å². The van der Waals surface area contributed by atoms with Crippen molar-refractivity contribution < 1.29 is 0 Å². The summed E-state index contributed by atoms with van der Waals surface area (Å²) in [7, 11) is 4.23. The van der Waals surface area contributed by atoms with Crippen molar-refractivity contribution in [1.82, 2.24) is 4.58 Å². The maximum atomic E-state index is 2.54. The first-order valence-corrected chi connectivity index (χ1v) is 10.4. The van der Waals surface area contributed by atoms with Gasteiger partial charge in [0.2, 0.25) is 5.36 Å². The number of hydrogen-bond acceptors (Lipinski definition) is 1. The third-order valence-electron chi connectivity index (χ3n) is 6.68. The van der Waals surface area contributed by atoms with Crippen molar-refractivity contribution in [2.45, 2.75) is 52.5 Å². The summed E-state index contributed by atoms with van der Waals surface area (Å²) in [5, 5.41) is 2.73. The van der Waals surface area contributed by atoms with Crippen molar-refractivity contribution in [3.05, 3.63) is 69.2 Å². The largest absolute Gasteiger partial charge is 0.378 e. The Hall–Kier alpha value is -2.35. The molecule has 0 saturated carbocycles. The second kappa shape index (κ2) is 6.07. The van der Waals surface area contributed by atoms with E-state index in [2.05, 4.69) is 108 Å². The molecule has 1 aliphatic heterocycles. The lowest BCUT2D eigenvalue weighted by Gasteiger charge is -2.33. The van der Waals surface area contributed by atoms with Crippen LogP contribution in [0.2, 0.25) is 0 Å². The van der Waals surface area contributed by atoms with Gasteiger partial charge in [0, 0.05) is 50.7 Å². The van der Waals surface area contributed by atoms with E-state index in [4.69, 9.17) is 0 Å². The molecule has 1 heterocycles. The monoisotopic (exact) mass is 373 g/mol. The lowest BCUT2D eigenvalue weighted by atomic mass is 9.71. The molecule has 2 nitrogen and oxygen atoms in total. The first kappa shape index (κ1) is 19.0. The average molecular weight is 374 g/mol. The van der Waals surface area contributed by atoms with Crippen LogP contribution in [0.4, 0.5) is 5.69 Å². The van der Waals surface area contributed by atoms with Crippen LogP contribution >= 0.6 is 0 Å². The van der Waals surface area contributed by atoms with E-state index in [0.717, 1.165) is 6.54 Å². The van der Waals surface area contributed by atoms with Gasteiger partial charge in [-0.2, -0.15) is 0 Å². The minimum atomic E-state index is -0.0287. The van der Waals surface area contributed by atoms with Crippen molar-refractivity contribution in [2.75, 3.05) is 25.5 Å². The Morgan fingerprint density at radius 2 is 1.68 bits per heavy atom. The summed E-state index contributed by atoms with van der Waals surface area (Å²) in [6.07, 6.45) is 4.79. The third-order valence-corrected chi connectivity index (χ3v) is 6.68. The van der Waals surface area contributed by atoms with E-state index in [1.165, 1.54) is 44.1 Å². The zero-order valence-electron chi connectivity index (χ0n) is 18.6. The fourth-order valence-electron chi connectivity index (χ4n) is 5.18. The van der Waals surface area contributed by atoms with E-state index in [1.54, 1.807) is 0 Å². The average Bonchev–Trinajstić information content (AvgIpc) is 2.60. The van der Waals surface area contributed by atoms with Crippen LogP contribution in [0.15, 0.2) is 36.4 Å². The Morgan fingerprint density at radius 3 is 2.32 bits per heavy atom. The van der Waals surface area contributed by atoms with Gasteiger partial charge in [0.05, 0.1) is 0 Å². The predicted octanol–water partition coefficient (Wildman–Crippen LogP) is 3.93. The second-order valence-corrected chi connectivity index (χ2v) is 9.62. The molecule has 2 heteroatoms. The summed E-state index contributed by atoms with van der Waals surface area (Å²) < 4.78 is 2.54. The van der Waals surface area contributed by atoms with Gasteiger partial charge in [-0.25, -0.2) is 4.58 Å². The van der Waals surface area contributed by atoms with Crippen LogP contribution in [0.5, 0.6) is 0 Å². The van der Waals surface area contributed by atoms with Crippen LogP contribution < -0.4 is 20.1 Å². The number of benzene rings is 2. The molecule has 0 spiro atoms. The van der Waals surface area contributed by atoms with E-state index in [1.807, 2.05) is 0 Å². The van der Waals surface area contributed by atoms with Crippen molar-refractivity contribution in [2.24, 2.45) is 0 Å². The van der Waals surface area contributed by atoms with E-state index in [0.29, 0.717) is 0 Å². The fourth-order valence-corrected chi connectivity index (χ4v) is 5.18. The van der Waals surface area contributed by atoms with Crippen LogP contribution in [0.3, 0.4) is 0 Å². The van der Waals surface area contributed by atoms with Crippen molar-refractivity contribution in [3.8, 4) is 0 Å². The predicted molar refractivity (Wildman–Crippen MR) is 122 cm³/mol. The molecule has 0 unspecified atom stereocenters. The molecule has 0 radical (unpaired) electrons. The first-order chi connectivity index (χ1) is 13.1. The number of hydrogen-bond donors (Lipinski definition) is 0. The molecular weight excluding hydrogens is 340 g/mol. The summed E-state index contributed by atoms with van der Waals surface area (Å²) in [6, 6.07) is 11.7. The Balaban J connectivity index is 2.08. The number of allylic oxidation sites excluding steroid dienone is 1. The van der Waals surface area contributed by atoms with E-state index >= 15 is 0 Å². The highest BCUT2D eigenvalue weighted by Gasteiger charge is 2.35. The molecule has 0 aromatic heterocycles. The number of anilines is 1. The van der Waals surface area contributed by atoms with Crippen LogP contribution in [0, 0.1) is 0 Å². The maximum absolute atomic E-state index is 2.54. The molecule has 146 valence electrons. The van der Waals surface area contributed by atoms with Gasteiger partial charge < -0.3 is 4.90 Å². The molecule has 2 aliphatic rings. The number of fused-ring (bicyclic) bond motifs is 3. The SMILES string of the molecule is CC[N+]1=c2cc3c(cc2C(C)=CC1(C)C)=Cc1ccc(N(C)C)cc1C3(C)C. The quantitative estimate of drug-likeness (QED) is 0.723. The van der Waals surface area contributed by atoms with Gasteiger partial charge in [-0.3, -0.25) is 0 Å². The van der Waals surface area contributed by atoms with Gasteiger partial charge in [0.25, 0.3) is 0 Å². The topological polar surface area (TPSA) is 6.25 Å². The maximum Gasteiger partial charge on any atom is 0.208 e. The van der Waals surface area contributed by atoms with E-state index < -0.39 is 0 Å². The molecule has 0 fully saturated rings. The van der Waals surface area contributed by atoms with Gasteiger partial charge >= 0.3 is 0 Å². The van der Waals surface area contributed by atoms with Crippen LogP contribution in [-0.4, -0.2) is 26.2 Å². The molecule has 2 aromatic rings. The second-order valence-electron chi connectivity index (χ2n) is 9.62. The molecule has 1 aliphatic carbocycles. The van der Waals surface area contributed by atoms with Gasteiger partial charge in [-0.1, -0.05) is 19.9 Å². The molecule has 0 bridgehead atoms. The molecule has 0 saturated heterocycles. The highest BCUT2D eigenvalue weighted by molar-refractivity contribution is 5.71. The standard InChI is InChI=1S/C26H33N2/c1-9-28-24-15-23-19(13-21(24)17(2)16-25(28,3)4)12-18-10-11-20(27(7)8)14-22(18)26(23,5)6/h10-16H,9H2,1-8H3/q+1. The molecule has 2 aromatic carbocycles. The Kier molecular flexibility index (Phi) is 4.12. The fraction of sp³-hybridized carbons (Fsp3) is 0.423. The van der Waals surface area contributed by atoms with Gasteiger partial charge in [0.1, 0.15) is 6.54 Å².